The molecule has 0 fully saturated rings. The average Bonchev–Trinajstić information content (AvgIpc) is 2.77. The average molecular weight is 470 g/mol. The van der Waals surface area contributed by atoms with Crippen LogP contribution in [0.15, 0.2) is 65.6 Å². The molecule has 7 nitrogen and oxygen atoms in total. The number of hydrogen-bond donors (Lipinski definition) is 3. The SMILES string of the molecule is CCC[C@@](Cc1cccc(N)c1)(NS(=O)(=O)c1ccc(C)c2ccccc12)C(=O)NOCC. The maximum absolute atomic E-state index is 13.7. The van der Waals surface area contributed by atoms with Crippen molar-refractivity contribution in [3.63, 3.8) is 0 Å². The molecule has 1 amide bonds. The molecule has 3 aromatic carbocycles. The zero-order chi connectivity index (χ0) is 24.1. The zero-order valence-electron chi connectivity index (χ0n) is 19.2. The zero-order valence-corrected chi connectivity index (χ0v) is 20.0. The van der Waals surface area contributed by atoms with Crippen LogP contribution >= 0.6 is 0 Å². The van der Waals surface area contributed by atoms with Gasteiger partial charge < -0.3 is 5.73 Å². The van der Waals surface area contributed by atoms with Gasteiger partial charge in [-0.1, -0.05) is 55.8 Å². The minimum absolute atomic E-state index is 0.119. The second-order valence-electron chi connectivity index (χ2n) is 8.15. The molecule has 3 aromatic rings. The van der Waals surface area contributed by atoms with Gasteiger partial charge in [0.25, 0.3) is 5.91 Å². The van der Waals surface area contributed by atoms with E-state index in [1.807, 2.05) is 32.0 Å². The minimum Gasteiger partial charge on any atom is -0.399 e. The van der Waals surface area contributed by atoms with Crippen molar-refractivity contribution >= 4 is 32.4 Å². The second-order valence-corrected chi connectivity index (χ2v) is 9.80. The molecule has 0 saturated heterocycles. The highest BCUT2D eigenvalue weighted by Crippen LogP contribution is 2.29. The molecular weight excluding hydrogens is 438 g/mol. The van der Waals surface area contributed by atoms with Crippen molar-refractivity contribution in [2.24, 2.45) is 0 Å². The van der Waals surface area contributed by atoms with Crippen LogP contribution in [0.2, 0.25) is 0 Å². The van der Waals surface area contributed by atoms with Gasteiger partial charge in [0.2, 0.25) is 10.0 Å². The Kier molecular flexibility index (Phi) is 7.73. The molecule has 4 N–H and O–H groups in total. The van der Waals surface area contributed by atoms with Crippen molar-refractivity contribution in [1.29, 1.82) is 0 Å². The fraction of sp³-hybridized carbons (Fsp3) is 0.320. The van der Waals surface area contributed by atoms with Gasteiger partial charge in [-0.25, -0.2) is 13.9 Å². The number of hydroxylamine groups is 1. The van der Waals surface area contributed by atoms with E-state index in [4.69, 9.17) is 10.6 Å². The number of sulfonamides is 1. The number of benzene rings is 3. The van der Waals surface area contributed by atoms with E-state index in [1.54, 1.807) is 49.4 Å². The first-order valence-corrected chi connectivity index (χ1v) is 12.5. The number of aryl methyl sites for hydroxylation is 1. The van der Waals surface area contributed by atoms with Gasteiger partial charge in [-0.05, 0) is 55.0 Å². The van der Waals surface area contributed by atoms with Crippen molar-refractivity contribution in [2.45, 2.75) is 50.5 Å². The van der Waals surface area contributed by atoms with Crippen LogP contribution in [-0.4, -0.2) is 26.5 Å². The second kappa shape index (κ2) is 10.3. The lowest BCUT2D eigenvalue weighted by Gasteiger charge is -2.33. The Bertz CT molecular complexity index is 1240. The number of carbonyl (C=O) groups excluding carboxylic acids is 1. The molecule has 8 heteroatoms. The van der Waals surface area contributed by atoms with E-state index in [9.17, 15) is 13.2 Å². The molecule has 0 aliphatic rings. The number of rotatable bonds is 10. The largest absolute Gasteiger partial charge is 0.399 e. The van der Waals surface area contributed by atoms with Crippen molar-refractivity contribution in [2.75, 3.05) is 12.3 Å². The van der Waals surface area contributed by atoms with Crippen LogP contribution in [0.5, 0.6) is 0 Å². The summed E-state index contributed by atoms with van der Waals surface area (Å²) in [6.07, 6.45) is 0.955. The van der Waals surface area contributed by atoms with Gasteiger partial charge in [0.1, 0.15) is 5.54 Å². The number of hydrogen-bond acceptors (Lipinski definition) is 5. The van der Waals surface area contributed by atoms with E-state index < -0.39 is 21.5 Å². The molecule has 0 heterocycles. The number of fused-ring (bicyclic) bond motifs is 1. The molecule has 0 aliphatic carbocycles. The molecular formula is C25H31N3O4S. The summed E-state index contributed by atoms with van der Waals surface area (Å²) in [5, 5.41) is 1.45. The van der Waals surface area contributed by atoms with E-state index >= 15 is 0 Å². The summed E-state index contributed by atoms with van der Waals surface area (Å²) in [6.45, 7) is 5.82. The van der Waals surface area contributed by atoms with E-state index in [2.05, 4.69) is 10.2 Å². The Balaban J connectivity index is 2.12. The van der Waals surface area contributed by atoms with E-state index in [0.717, 1.165) is 16.5 Å². The Labute approximate surface area is 195 Å². The molecule has 0 aliphatic heterocycles. The first-order valence-electron chi connectivity index (χ1n) is 11.0. The summed E-state index contributed by atoms with van der Waals surface area (Å²) in [5.74, 6) is -0.548. The summed E-state index contributed by atoms with van der Waals surface area (Å²) in [4.78, 5) is 18.6. The van der Waals surface area contributed by atoms with Crippen LogP contribution in [0.25, 0.3) is 10.8 Å². The predicted octanol–water partition coefficient (Wildman–Crippen LogP) is 3.86. The molecule has 0 unspecified atom stereocenters. The number of nitrogens with two attached hydrogens (primary N) is 1. The molecule has 176 valence electrons. The normalized spacial score (nSPS) is 13.5. The smallest absolute Gasteiger partial charge is 0.265 e. The van der Waals surface area contributed by atoms with Crippen molar-refractivity contribution in [1.82, 2.24) is 10.2 Å². The topological polar surface area (TPSA) is 111 Å². The first kappa shape index (κ1) is 24.7. The third-order valence-electron chi connectivity index (χ3n) is 5.60. The van der Waals surface area contributed by atoms with Crippen molar-refractivity contribution in [3.8, 4) is 0 Å². The lowest BCUT2D eigenvalue weighted by Crippen LogP contribution is -2.60. The molecule has 0 saturated carbocycles. The van der Waals surface area contributed by atoms with Crippen molar-refractivity contribution in [3.05, 3.63) is 71.8 Å². The highest BCUT2D eigenvalue weighted by molar-refractivity contribution is 7.89. The number of carbonyl (C=O) groups is 1. The van der Waals surface area contributed by atoms with Crippen LogP contribution in [0.3, 0.4) is 0 Å². The fourth-order valence-electron chi connectivity index (χ4n) is 4.10. The monoisotopic (exact) mass is 469 g/mol. The Morgan fingerprint density at radius 3 is 2.42 bits per heavy atom. The van der Waals surface area contributed by atoms with Crippen LogP contribution in [0, 0.1) is 6.92 Å². The summed E-state index contributed by atoms with van der Waals surface area (Å²) in [7, 11) is -4.08. The Morgan fingerprint density at radius 1 is 1.03 bits per heavy atom. The quantitative estimate of drug-likeness (QED) is 0.308. The van der Waals surface area contributed by atoms with E-state index in [0.29, 0.717) is 17.5 Å². The van der Waals surface area contributed by atoms with Crippen LogP contribution < -0.4 is 15.9 Å². The van der Waals surface area contributed by atoms with E-state index in [-0.39, 0.29) is 24.3 Å². The molecule has 0 spiro atoms. The highest BCUT2D eigenvalue weighted by Gasteiger charge is 2.42. The predicted molar refractivity (Wildman–Crippen MR) is 131 cm³/mol. The maximum atomic E-state index is 13.7. The lowest BCUT2D eigenvalue weighted by atomic mass is 9.86. The molecule has 0 radical (unpaired) electrons. The molecule has 33 heavy (non-hydrogen) atoms. The third kappa shape index (κ3) is 5.52. The molecule has 3 rings (SSSR count). The maximum Gasteiger partial charge on any atom is 0.265 e. The third-order valence-corrected chi connectivity index (χ3v) is 7.19. The van der Waals surface area contributed by atoms with Gasteiger partial charge in [0.15, 0.2) is 0 Å². The fourth-order valence-corrected chi connectivity index (χ4v) is 5.70. The lowest BCUT2D eigenvalue weighted by molar-refractivity contribution is -0.139. The van der Waals surface area contributed by atoms with Crippen LogP contribution in [0.1, 0.15) is 37.8 Å². The molecule has 0 aromatic heterocycles. The van der Waals surface area contributed by atoms with Gasteiger partial charge >= 0.3 is 0 Å². The highest BCUT2D eigenvalue weighted by atomic mass is 32.2. The molecule has 1 atom stereocenters. The number of amides is 1. The Hall–Kier alpha value is -2.94. The first-order chi connectivity index (χ1) is 15.7. The standard InChI is InChI=1S/C25H31N3O4S/c1-4-15-25(24(29)27-32-5-2,17-19-9-8-10-20(26)16-19)28-33(30,31)23-14-13-18(3)21-11-6-7-12-22(21)23/h6-14,16,28H,4-5,15,17,26H2,1-3H3,(H,27,29)/t25-/m0/s1. The minimum atomic E-state index is -4.08. The summed E-state index contributed by atoms with van der Waals surface area (Å²) in [6, 6.07) is 17.8. The van der Waals surface area contributed by atoms with Gasteiger partial charge in [0, 0.05) is 17.5 Å². The van der Waals surface area contributed by atoms with Crippen molar-refractivity contribution < 1.29 is 18.0 Å². The molecule has 0 bridgehead atoms. The van der Waals surface area contributed by atoms with E-state index in [1.165, 1.54) is 0 Å². The van der Waals surface area contributed by atoms with Gasteiger partial charge in [-0.15, -0.1) is 0 Å². The van der Waals surface area contributed by atoms with Gasteiger partial charge in [-0.2, -0.15) is 4.72 Å². The Morgan fingerprint density at radius 2 is 1.76 bits per heavy atom. The summed E-state index contributed by atoms with van der Waals surface area (Å²) in [5.41, 5.74) is 9.14. The van der Waals surface area contributed by atoms with Gasteiger partial charge in [0.05, 0.1) is 11.5 Å². The summed E-state index contributed by atoms with van der Waals surface area (Å²) >= 11 is 0. The van der Waals surface area contributed by atoms with Crippen LogP contribution in [0.4, 0.5) is 5.69 Å². The van der Waals surface area contributed by atoms with Gasteiger partial charge in [-0.3, -0.25) is 9.63 Å². The van der Waals surface area contributed by atoms with Crippen LogP contribution in [-0.2, 0) is 26.1 Å². The number of nitrogens with one attached hydrogen (secondary N) is 2. The number of anilines is 1. The number of nitrogen functional groups attached to an aromatic ring is 1. The summed E-state index contributed by atoms with van der Waals surface area (Å²) < 4.78 is 30.2.